The molecule has 19 heavy (non-hydrogen) atoms. The third-order valence-electron chi connectivity index (χ3n) is 2.95. The average molecular weight is 294 g/mol. The first-order valence-corrected chi connectivity index (χ1v) is 7.62. The monoisotopic (exact) mass is 293 g/mol. The van der Waals surface area contributed by atoms with Crippen LogP contribution < -0.4 is 5.32 Å². The maximum atomic E-state index is 12.1. The maximum absolute atomic E-state index is 12.1. The summed E-state index contributed by atoms with van der Waals surface area (Å²) in [6.45, 7) is 1.94. The number of thiophene rings is 1. The van der Waals surface area contributed by atoms with Crippen LogP contribution in [-0.4, -0.2) is 17.8 Å². The first-order valence-electron chi connectivity index (χ1n) is 6.14. The predicted molar refractivity (Wildman–Crippen MR) is 81.2 cm³/mol. The first kappa shape index (κ1) is 14.1. The normalized spacial score (nSPS) is 12.1. The molecule has 1 heterocycles. The number of alkyl halides is 1. The number of benzene rings is 1. The van der Waals surface area contributed by atoms with Gasteiger partial charge in [-0.2, -0.15) is 11.3 Å². The second kappa shape index (κ2) is 6.73. The van der Waals surface area contributed by atoms with Crippen molar-refractivity contribution >= 4 is 28.8 Å². The van der Waals surface area contributed by atoms with E-state index in [4.69, 9.17) is 11.6 Å². The van der Waals surface area contributed by atoms with Crippen LogP contribution in [-0.2, 0) is 6.42 Å². The van der Waals surface area contributed by atoms with E-state index in [-0.39, 0.29) is 11.9 Å². The Kier molecular flexibility index (Phi) is 5.00. The van der Waals surface area contributed by atoms with Crippen molar-refractivity contribution in [2.45, 2.75) is 19.4 Å². The van der Waals surface area contributed by atoms with Crippen LogP contribution in [0.2, 0.25) is 0 Å². The molecule has 2 nitrogen and oxygen atoms in total. The van der Waals surface area contributed by atoms with Crippen molar-refractivity contribution in [1.29, 1.82) is 0 Å². The number of carbonyl (C=O) groups excluding carboxylic acids is 1. The minimum atomic E-state index is -0.0455. The summed E-state index contributed by atoms with van der Waals surface area (Å²) < 4.78 is 0. The zero-order chi connectivity index (χ0) is 13.7. The molecule has 0 saturated heterocycles. The molecule has 0 saturated carbocycles. The molecule has 1 aromatic heterocycles. The van der Waals surface area contributed by atoms with Crippen molar-refractivity contribution in [2.24, 2.45) is 0 Å². The van der Waals surface area contributed by atoms with Crippen molar-refractivity contribution in [1.82, 2.24) is 5.32 Å². The van der Waals surface area contributed by atoms with E-state index in [1.54, 1.807) is 0 Å². The van der Waals surface area contributed by atoms with E-state index in [1.807, 2.05) is 48.0 Å². The third-order valence-corrected chi connectivity index (χ3v) is 4.18. The highest BCUT2D eigenvalue weighted by molar-refractivity contribution is 7.08. The lowest BCUT2D eigenvalue weighted by Gasteiger charge is -2.16. The topological polar surface area (TPSA) is 29.1 Å². The Morgan fingerprint density at radius 3 is 2.63 bits per heavy atom. The summed E-state index contributed by atoms with van der Waals surface area (Å²) >= 11 is 7.49. The minimum Gasteiger partial charge on any atom is -0.348 e. The van der Waals surface area contributed by atoms with Crippen LogP contribution in [0.4, 0.5) is 0 Å². The molecule has 0 spiro atoms. The zero-order valence-corrected chi connectivity index (χ0v) is 12.3. The maximum Gasteiger partial charge on any atom is 0.252 e. The predicted octanol–water partition coefficient (Wildman–Crippen LogP) is 3.64. The second-order valence-electron chi connectivity index (χ2n) is 4.48. The van der Waals surface area contributed by atoms with Gasteiger partial charge < -0.3 is 5.32 Å². The van der Waals surface area contributed by atoms with Crippen molar-refractivity contribution in [2.75, 3.05) is 5.88 Å². The first-order chi connectivity index (χ1) is 9.20. The molecule has 1 unspecified atom stereocenters. The van der Waals surface area contributed by atoms with Gasteiger partial charge in [-0.1, -0.05) is 30.3 Å². The van der Waals surface area contributed by atoms with Gasteiger partial charge in [0.15, 0.2) is 0 Å². The van der Waals surface area contributed by atoms with Gasteiger partial charge in [-0.25, -0.2) is 0 Å². The van der Waals surface area contributed by atoms with Crippen LogP contribution >= 0.6 is 22.9 Å². The Bertz CT molecular complexity index is 538. The summed E-state index contributed by atoms with van der Waals surface area (Å²) in [5.41, 5.74) is 2.93. The molecule has 1 atom stereocenters. The van der Waals surface area contributed by atoms with Gasteiger partial charge in [0, 0.05) is 17.3 Å². The van der Waals surface area contributed by atoms with Gasteiger partial charge in [-0.15, -0.1) is 11.6 Å². The number of halogens is 1. The number of hydrogen-bond acceptors (Lipinski definition) is 2. The smallest absolute Gasteiger partial charge is 0.252 e. The van der Waals surface area contributed by atoms with Gasteiger partial charge in [0.2, 0.25) is 0 Å². The Labute approximate surface area is 122 Å². The molecule has 1 amide bonds. The van der Waals surface area contributed by atoms with Crippen LogP contribution in [0.5, 0.6) is 0 Å². The molecule has 0 aliphatic rings. The number of aryl methyl sites for hydroxylation is 1. The number of hydrogen-bond donors (Lipinski definition) is 1. The van der Waals surface area contributed by atoms with E-state index >= 15 is 0 Å². The summed E-state index contributed by atoms with van der Waals surface area (Å²) in [4.78, 5) is 12.1. The Morgan fingerprint density at radius 1 is 1.32 bits per heavy atom. The van der Waals surface area contributed by atoms with Gasteiger partial charge in [0.1, 0.15) is 0 Å². The van der Waals surface area contributed by atoms with Gasteiger partial charge in [-0.3, -0.25) is 4.79 Å². The molecule has 1 N–H and O–H groups in total. The zero-order valence-electron chi connectivity index (χ0n) is 10.7. The van der Waals surface area contributed by atoms with Crippen molar-refractivity contribution in [3.63, 3.8) is 0 Å². The highest BCUT2D eigenvalue weighted by Crippen LogP contribution is 2.14. The summed E-state index contributed by atoms with van der Waals surface area (Å²) in [5.74, 6) is 0.365. The molecular formula is C15H16ClNOS. The van der Waals surface area contributed by atoms with E-state index < -0.39 is 0 Å². The highest BCUT2D eigenvalue weighted by Gasteiger charge is 2.15. The Hall–Kier alpha value is -1.32. The van der Waals surface area contributed by atoms with Crippen molar-refractivity contribution in [3.05, 3.63) is 57.8 Å². The van der Waals surface area contributed by atoms with E-state index in [0.717, 1.165) is 17.5 Å². The molecule has 0 aliphatic carbocycles. The fourth-order valence-corrected chi connectivity index (χ4v) is 2.91. The summed E-state index contributed by atoms with van der Waals surface area (Å²) in [5, 5.41) is 6.84. The molecule has 0 aliphatic heterocycles. The van der Waals surface area contributed by atoms with Gasteiger partial charge in [0.05, 0.1) is 5.56 Å². The number of carbonyl (C=O) groups is 1. The van der Waals surface area contributed by atoms with Gasteiger partial charge >= 0.3 is 0 Å². The van der Waals surface area contributed by atoms with E-state index in [9.17, 15) is 4.79 Å². The number of rotatable bonds is 5. The summed E-state index contributed by atoms with van der Waals surface area (Å²) in [6.07, 6.45) is 0.749. The largest absolute Gasteiger partial charge is 0.348 e. The molecule has 0 fully saturated rings. The minimum absolute atomic E-state index is 0.0414. The highest BCUT2D eigenvalue weighted by atomic mass is 35.5. The summed E-state index contributed by atoms with van der Waals surface area (Å²) in [6, 6.07) is 10.0. The standard InChI is InChI=1S/C15H16ClNOS/c1-11-9-19-10-14(11)15(18)17-13(8-16)7-12-5-3-2-4-6-12/h2-6,9-10,13H,7-8H2,1H3,(H,17,18). The van der Waals surface area contributed by atoms with Crippen LogP contribution in [0.15, 0.2) is 41.1 Å². The molecule has 0 radical (unpaired) electrons. The lowest BCUT2D eigenvalue weighted by Crippen LogP contribution is -2.37. The average Bonchev–Trinajstić information content (AvgIpc) is 2.85. The number of nitrogens with one attached hydrogen (secondary N) is 1. The SMILES string of the molecule is Cc1cscc1C(=O)NC(CCl)Cc1ccccc1. The lowest BCUT2D eigenvalue weighted by molar-refractivity contribution is 0.0940. The van der Waals surface area contributed by atoms with E-state index in [1.165, 1.54) is 16.9 Å². The Balaban J connectivity index is 2.00. The molecular weight excluding hydrogens is 278 g/mol. The summed E-state index contributed by atoms with van der Waals surface area (Å²) in [7, 11) is 0. The van der Waals surface area contributed by atoms with Crippen LogP contribution in [0.1, 0.15) is 21.5 Å². The second-order valence-corrected chi connectivity index (χ2v) is 5.54. The fraction of sp³-hybridized carbons (Fsp3) is 0.267. The van der Waals surface area contributed by atoms with E-state index in [2.05, 4.69) is 5.32 Å². The number of amides is 1. The van der Waals surface area contributed by atoms with Crippen molar-refractivity contribution < 1.29 is 4.79 Å². The molecule has 2 aromatic rings. The lowest BCUT2D eigenvalue weighted by atomic mass is 10.1. The van der Waals surface area contributed by atoms with Crippen LogP contribution in [0.25, 0.3) is 0 Å². The molecule has 4 heteroatoms. The quantitative estimate of drug-likeness (QED) is 0.838. The van der Waals surface area contributed by atoms with Gasteiger partial charge in [0.25, 0.3) is 5.91 Å². The fourth-order valence-electron chi connectivity index (χ4n) is 1.90. The molecule has 0 bridgehead atoms. The molecule has 1 aromatic carbocycles. The van der Waals surface area contributed by atoms with Gasteiger partial charge in [-0.05, 0) is 29.9 Å². The van der Waals surface area contributed by atoms with Crippen molar-refractivity contribution in [3.8, 4) is 0 Å². The van der Waals surface area contributed by atoms with Crippen LogP contribution in [0.3, 0.4) is 0 Å². The molecule has 2 rings (SSSR count). The third kappa shape index (κ3) is 3.82. The van der Waals surface area contributed by atoms with E-state index in [0.29, 0.717) is 5.88 Å². The Morgan fingerprint density at radius 2 is 2.05 bits per heavy atom. The molecule has 100 valence electrons. The van der Waals surface area contributed by atoms with Crippen LogP contribution in [0, 0.1) is 6.92 Å².